The van der Waals surface area contributed by atoms with Gasteiger partial charge in [0.2, 0.25) is 5.95 Å². The molecule has 0 saturated carbocycles. The molecule has 2 N–H and O–H groups in total. The lowest BCUT2D eigenvalue weighted by Crippen LogP contribution is -2.09. The van der Waals surface area contributed by atoms with Gasteiger partial charge in [0.25, 0.3) is 0 Å². The van der Waals surface area contributed by atoms with Gasteiger partial charge in [0.1, 0.15) is 5.76 Å². The number of rotatable bonds is 6. The second-order valence-electron chi connectivity index (χ2n) is 3.75. The molecule has 2 heterocycles. The molecule has 2 aromatic heterocycles. The van der Waals surface area contributed by atoms with Gasteiger partial charge in [0, 0.05) is 6.54 Å². The highest BCUT2D eigenvalue weighted by Crippen LogP contribution is 2.13. The fraction of sp³-hybridized carbons (Fsp3) is 0.333. The van der Waals surface area contributed by atoms with Crippen LogP contribution in [-0.2, 0) is 6.54 Å². The van der Waals surface area contributed by atoms with Crippen LogP contribution in [-0.4, -0.2) is 16.5 Å². The van der Waals surface area contributed by atoms with Gasteiger partial charge in [-0.15, -0.1) is 0 Å². The molecule has 18 heavy (non-hydrogen) atoms. The Morgan fingerprint density at radius 2 is 2.28 bits per heavy atom. The molecular weight excluding hydrogens is 235 g/mol. The molecule has 2 rings (SSSR count). The van der Waals surface area contributed by atoms with Crippen molar-refractivity contribution in [2.75, 3.05) is 17.2 Å². The molecule has 0 radical (unpaired) electrons. The van der Waals surface area contributed by atoms with Crippen molar-refractivity contribution >= 4 is 11.8 Å². The number of halogens is 1. The molecule has 0 aliphatic carbocycles. The van der Waals surface area contributed by atoms with E-state index >= 15 is 0 Å². The molecule has 6 heteroatoms. The number of hydrogen-bond acceptors (Lipinski definition) is 5. The van der Waals surface area contributed by atoms with E-state index in [0.29, 0.717) is 12.5 Å². The highest BCUT2D eigenvalue weighted by molar-refractivity contribution is 5.41. The minimum absolute atomic E-state index is 0.167. The maximum Gasteiger partial charge on any atom is 0.224 e. The molecule has 5 nitrogen and oxygen atoms in total. The molecule has 0 spiro atoms. The van der Waals surface area contributed by atoms with Gasteiger partial charge in [0.05, 0.1) is 19.0 Å². The van der Waals surface area contributed by atoms with Gasteiger partial charge < -0.3 is 15.1 Å². The van der Waals surface area contributed by atoms with E-state index in [0.717, 1.165) is 24.9 Å². The second-order valence-corrected chi connectivity index (χ2v) is 3.75. The monoisotopic (exact) mass is 250 g/mol. The maximum absolute atomic E-state index is 13.5. The van der Waals surface area contributed by atoms with Gasteiger partial charge in [-0.3, -0.25) is 0 Å². The third-order valence-electron chi connectivity index (χ3n) is 2.29. The molecule has 0 amide bonds. The number of nitrogens with zero attached hydrogens (tertiary/aromatic N) is 2. The highest BCUT2D eigenvalue weighted by Gasteiger charge is 2.06. The molecule has 0 fully saturated rings. The zero-order chi connectivity index (χ0) is 12.8. The molecule has 0 aliphatic rings. The van der Waals surface area contributed by atoms with Gasteiger partial charge in [-0.1, -0.05) is 6.92 Å². The minimum Gasteiger partial charge on any atom is -0.467 e. The lowest BCUT2D eigenvalue weighted by molar-refractivity contribution is 0.516. The molecular formula is C12H15FN4O. The Kier molecular flexibility index (Phi) is 4.11. The van der Waals surface area contributed by atoms with Crippen molar-refractivity contribution in [1.82, 2.24) is 9.97 Å². The first-order valence-electron chi connectivity index (χ1n) is 5.82. The standard InChI is InChI=1S/C12H15FN4O/c1-2-5-14-12-16-8-10(13)11(17-12)15-7-9-4-3-6-18-9/h3-4,6,8H,2,5,7H2,1H3,(H2,14,15,16,17). The molecule has 0 atom stereocenters. The zero-order valence-electron chi connectivity index (χ0n) is 10.1. The molecule has 2 aromatic rings. The van der Waals surface area contributed by atoms with Crippen LogP contribution in [0.25, 0.3) is 0 Å². The third kappa shape index (κ3) is 3.19. The zero-order valence-corrected chi connectivity index (χ0v) is 10.1. The summed E-state index contributed by atoms with van der Waals surface area (Å²) in [6, 6.07) is 3.59. The van der Waals surface area contributed by atoms with Crippen LogP contribution in [0.5, 0.6) is 0 Å². The summed E-state index contributed by atoms with van der Waals surface area (Å²) in [4.78, 5) is 7.92. The van der Waals surface area contributed by atoms with Crippen LogP contribution in [0.2, 0.25) is 0 Å². The number of nitrogens with one attached hydrogen (secondary N) is 2. The molecule has 0 aliphatic heterocycles. The summed E-state index contributed by atoms with van der Waals surface area (Å²) in [7, 11) is 0. The topological polar surface area (TPSA) is 63.0 Å². The molecule has 0 bridgehead atoms. The van der Waals surface area contributed by atoms with Crippen molar-refractivity contribution in [3.05, 3.63) is 36.2 Å². The summed E-state index contributed by atoms with van der Waals surface area (Å²) in [5.41, 5.74) is 0. The Balaban J connectivity index is 2.01. The summed E-state index contributed by atoms with van der Waals surface area (Å²) >= 11 is 0. The lowest BCUT2D eigenvalue weighted by Gasteiger charge is -2.07. The lowest BCUT2D eigenvalue weighted by atomic mass is 10.4. The Morgan fingerprint density at radius 1 is 1.39 bits per heavy atom. The van der Waals surface area contributed by atoms with Crippen LogP contribution in [0, 0.1) is 5.82 Å². The van der Waals surface area contributed by atoms with E-state index in [-0.39, 0.29) is 5.82 Å². The van der Waals surface area contributed by atoms with Gasteiger partial charge >= 0.3 is 0 Å². The summed E-state index contributed by atoms with van der Waals surface area (Å²) in [5.74, 6) is 0.819. The van der Waals surface area contributed by atoms with Crippen LogP contribution in [0.4, 0.5) is 16.2 Å². The Labute approximate surface area is 104 Å². The summed E-state index contributed by atoms with van der Waals surface area (Å²) in [5, 5.41) is 5.88. The number of furan rings is 1. The summed E-state index contributed by atoms with van der Waals surface area (Å²) in [6.07, 6.45) is 3.67. The fourth-order valence-electron chi connectivity index (χ4n) is 1.40. The van der Waals surface area contributed by atoms with Crippen molar-refractivity contribution < 1.29 is 8.81 Å². The smallest absolute Gasteiger partial charge is 0.224 e. The average Bonchev–Trinajstić information content (AvgIpc) is 2.89. The first kappa shape index (κ1) is 12.3. The maximum atomic E-state index is 13.5. The quantitative estimate of drug-likeness (QED) is 0.825. The van der Waals surface area contributed by atoms with Gasteiger partial charge in [-0.05, 0) is 18.6 Å². The minimum atomic E-state index is -0.483. The van der Waals surface area contributed by atoms with Gasteiger partial charge in [-0.25, -0.2) is 9.37 Å². The fourth-order valence-corrected chi connectivity index (χ4v) is 1.40. The summed E-state index contributed by atoms with van der Waals surface area (Å²) in [6.45, 7) is 3.17. The van der Waals surface area contributed by atoms with E-state index in [4.69, 9.17) is 4.42 Å². The van der Waals surface area contributed by atoms with Gasteiger partial charge in [-0.2, -0.15) is 4.98 Å². The van der Waals surface area contributed by atoms with Gasteiger partial charge in [0.15, 0.2) is 11.6 Å². The van der Waals surface area contributed by atoms with E-state index < -0.39 is 5.82 Å². The number of aromatic nitrogens is 2. The SMILES string of the molecule is CCCNc1ncc(F)c(NCc2ccco2)n1. The largest absolute Gasteiger partial charge is 0.467 e. The van der Waals surface area contributed by atoms with Crippen LogP contribution < -0.4 is 10.6 Å². The molecule has 0 saturated heterocycles. The Hall–Kier alpha value is -2.11. The van der Waals surface area contributed by atoms with Crippen LogP contribution in [0.1, 0.15) is 19.1 Å². The van der Waals surface area contributed by atoms with Crippen LogP contribution in [0.3, 0.4) is 0 Å². The van der Waals surface area contributed by atoms with E-state index in [9.17, 15) is 4.39 Å². The van der Waals surface area contributed by atoms with Crippen LogP contribution >= 0.6 is 0 Å². The predicted molar refractivity (Wildman–Crippen MR) is 66.8 cm³/mol. The van der Waals surface area contributed by atoms with Crippen molar-refractivity contribution in [3.63, 3.8) is 0 Å². The third-order valence-corrected chi connectivity index (χ3v) is 2.29. The number of hydrogen-bond donors (Lipinski definition) is 2. The number of anilines is 2. The average molecular weight is 250 g/mol. The first-order valence-corrected chi connectivity index (χ1v) is 5.82. The summed E-state index contributed by atoms with van der Waals surface area (Å²) < 4.78 is 18.6. The van der Waals surface area contributed by atoms with Crippen LogP contribution in [0.15, 0.2) is 29.0 Å². The molecule has 0 unspecified atom stereocenters. The van der Waals surface area contributed by atoms with E-state index in [1.165, 1.54) is 0 Å². The highest BCUT2D eigenvalue weighted by atomic mass is 19.1. The first-order chi connectivity index (χ1) is 8.79. The van der Waals surface area contributed by atoms with Crippen molar-refractivity contribution in [1.29, 1.82) is 0 Å². The molecule has 96 valence electrons. The van der Waals surface area contributed by atoms with Crippen molar-refractivity contribution in [2.45, 2.75) is 19.9 Å². The van der Waals surface area contributed by atoms with E-state index in [1.807, 2.05) is 13.0 Å². The Bertz CT molecular complexity index is 487. The molecule has 0 aromatic carbocycles. The normalized spacial score (nSPS) is 10.3. The second kappa shape index (κ2) is 6.00. The predicted octanol–water partition coefficient (Wildman–Crippen LogP) is 2.64. The van der Waals surface area contributed by atoms with E-state index in [2.05, 4.69) is 20.6 Å². The van der Waals surface area contributed by atoms with Crippen molar-refractivity contribution in [2.24, 2.45) is 0 Å². The Morgan fingerprint density at radius 3 is 3.00 bits per heavy atom. The van der Waals surface area contributed by atoms with Crippen molar-refractivity contribution in [3.8, 4) is 0 Å². The van der Waals surface area contributed by atoms with E-state index in [1.54, 1.807) is 12.3 Å².